The lowest BCUT2D eigenvalue weighted by Gasteiger charge is -2.20. The molecule has 2 N–H and O–H groups in total. The molecule has 6 heteroatoms. The first kappa shape index (κ1) is 20.3. The van der Waals surface area contributed by atoms with E-state index >= 15 is 0 Å². The monoisotopic (exact) mass is 388 g/mol. The van der Waals surface area contributed by atoms with Gasteiger partial charge in [-0.3, -0.25) is 0 Å². The zero-order chi connectivity index (χ0) is 20.3. The van der Waals surface area contributed by atoms with Crippen molar-refractivity contribution >= 4 is 0 Å². The van der Waals surface area contributed by atoms with E-state index in [2.05, 4.69) is 0 Å². The Morgan fingerprint density at radius 3 is 2.11 bits per heavy atom. The van der Waals surface area contributed by atoms with Crippen LogP contribution in [0.5, 0.6) is 23.0 Å². The summed E-state index contributed by atoms with van der Waals surface area (Å²) in [7, 11) is 4.85. The molecule has 0 amide bonds. The minimum Gasteiger partial charge on any atom is -0.496 e. The third-order valence-corrected chi connectivity index (χ3v) is 5.30. The quantitative estimate of drug-likeness (QED) is 0.723. The summed E-state index contributed by atoms with van der Waals surface area (Å²) in [6, 6.07) is 7.82. The maximum absolute atomic E-state index is 10.2. The smallest absolute Gasteiger partial charge is 0.165 e. The molecule has 1 aliphatic rings. The Balaban J connectivity index is 2.05. The van der Waals surface area contributed by atoms with Gasteiger partial charge in [-0.25, -0.2) is 0 Å². The highest BCUT2D eigenvalue weighted by Gasteiger charge is 2.38. The van der Waals surface area contributed by atoms with Crippen LogP contribution in [-0.2, 0) is 6.42 Å². The highest BCUT2D eigenvalue weighted by atomic mass is 16.5. The van der Waals surface area contributed by atoms with Crippen molar-refractivity contribution in [2.45, 2.75) is 31.8 Å². The zero-order valence-electron chi connectivity index (χ0n) is 16.8. The van der Waals surface area contributed by atoms with Crippen LogP contribution < -0.4 is 18.9 Å². The Morgan fingerprint density at radius 1 is 0.929 bits per heavy atom. The van der Waals surface area contributed by atoms with E-state index < -0.39 is 0 Å². The summed E-state index contributed by atoms with van der Waals surface area (Å²) in [4.78, 5) is 0. The van der Waals surface area contributed by atoms with Crippen molar-refractivity contribution in [3.63, 3.8) is 0 Å². The van der Waals surface area contributed by atoms with E-state index in [1.165, 1.54) is 0 Å². The standard InChI is InChI=1S/C22H28O6/c1-13-18(25-2)10-15(11-19(13)26-3)21-17(12-24)16-8-14(6-5-7-23)9-20(27-4)22(16)28-21/h8-11,17,21,23-24H,5-7,12H2,1-4H3/t17-,21+/m0/s1. The van der Waals surface area contributed by atoms with Gasteiger partial charge in [0.2, 0.25) is 0 Å². The fourth-order valence-electron chi connectivity index (χ4n) is 3.80. The molecule has 0 aliphatic carbocycles. The second-order valence-corrected chi connectivity index (χ2v) is 6.92. The number of ether oxygens (including phenoxy) is 4. The summed E-state index contributed by atoms with van der Waals surface area (Å²) < 4.78 is 22.8. The molecule has 1 heterocycles. The Labute approximate surface area is 165 Å². The molecule has 3 rings (SSSR count). The average molecular weight is 388 g/mol. The van der Waals surface area contributed by atoms with Crippen molar-refractivity contribution in [2.24, 2.45) is 0 Å². The van der Waals surface area contributed by atoms with Crippen LogP contribution in [-0.4, -0.2) is 44.8 Å². The Bertz CT molecular complexity index is 807. The predicted molar refractivity (Wildman–Crippen MR) is 106 cm³/mol. The number of aryl methyl sites for hydroxylation is 1. The third-order valence-electron chi connectivity index (χ3n) is 5.30. The lowest BCUT2D eigenvalue weighted by molar-refractivity contribution is 0.156. The predicted octanol–water partition coefficient (Wildman–Crippen LogP) is 3.16. The van der Waals surface area contributed by atoms with Crippen molar-refractivity contribution in [1.82, 2.24) is 0 Å². The number of hydrogen-bond donors (Lipinski definition) is 2. The van der Waals surface area contributed by atoms with Crippen LogP contribution in [0.25, 0.3) is 0 Å². The van der Waals surface area contributed by atoms with Crippen LogP contribution in [0.4, 0.5) is 0 Å². The normalized spacial score (nSPS) is 17.8. The van der Waals surface area contributed by atoms with Crippen molar-refractivity contribution in [3.8, 4) is 23.0 Å². The molecule has 0 bridgehead atoms. The van der Waals surface area contributed by atoms with Crippen LogP contribution in [0.2, 0.25) is 0 Å². The summed E-state index contributed by atoms with van der Waals surface area (Å²) in [6.07, 6.45) is 1.02. The molecule has 28 heavy (non-hydrogen) atoms. The van der Waals surface area contributed by atoms with Crippen molar-refractivity contribution in [2.75, 3.05) is 34.5 Å². The molecule has 2 aromatic rings. The fourth-order valence-corrected chi connectivity index (χ4v) is 3.80. The molecule has 0 fully saturated rings. The minimum atomic E-state index is -0.384. The number of rotatable bonds is 8. The van der Waals surface area contributed by atoms with Gasteiger partial charge in [0.25, 0.3) is 0 Å². The fraction of sp³-hybridized carbons (Fsp3) is 0.455. The van der Waals surface area contributed by atoms with Gasteiger partial charge in [-0.2, -0.15) is 0 Å². The first-order valence-corrected chi connectivity index (χ1v) is 9.39. The van der Waals surface area contributed by atoms with Gasteiger partial charge < -0.3 is 29.2 Å². The molecule has 0 radical (unpaired) electrons. The average Bonchev–Trinajstić information content (AvgIpc) is 3.10. The molecule has 6 nitrogen and oxygen atoms in total. The molecule has 2 aromatic carbocycles. The van der Waals surface area contributed by atoms with E-state index in [0.717, 1.165) is 28.7 Å². The molecular weight excluding hydrogens is 360 g/mol. The van der Waals surface area contributed by atoms with Crippen LogP contribution in [0.1, 0.15) is 40.7 Å². The lowest BCUT2D eigenvalue weighted by atomic mass is 9.89. The molecule has 1 aliphatic heterocycles. The largest absolute Gasteiger partial charge is 0.496 e. The number of benzene rings is 2. The first-order chi connectivity index (χ1) is 13.6. The second kappa shape index (κ2) is 8.71. The van der Waals surface area contributed by atoms with Gasteiger partial charge in [0.05, 0.1) is 33.9 Å². The SMILES string of the molecule is COc1cc([C@H]2Oc3c(OC)cc(CCCO)cc3[C@@H]2CO)cc(OC)c1C. The van der Waals surface area contributed by atoms with E-state index in [4.69, 9.17) is 24.1 Å². The minimum absolute atomic E-state index is 0.0667. The maximum atomic E-state index is 10.2. The maximum Gasteiger partial charge on any atom is 0.165 e. The summed E-state index contributed by atoms with van der Waals surface area (Å²) in [5.74, 6) is 2.47. The van der Waals surface area contributed by atoms with E-state index in [1.807, 2.05) is 31.2 Å². The number of fused-ring (bicyclic) bond motifs is 1. The van der Waals surface area contributed by atoms with Gasteiger partial charge in [-0.15, -0.1) is 0 Å². The Morgan fingerprint density at radius 2 is 1.57 bits per heavy atom. The molecule has 0 saturated carbocycles. The van der Waals surface area contributed by atoms with Crippen molar-refractivity contribution in [3.05, 3.63) is 46.5 Å². The first-order valence-electron chi connectivity index (χ1n) is 9.39. The summed E-state index contributed by atoms with van der Waals surface area (Å²) in [5, 5.41) is 19.3. The molecule has 0 spiro atoms. The number of methoxy groups -OCH3 is 3. The van der Waals surface area contributed by atoms with Crippen molar-refractivity contribution < 1.29 is 29.2 Å². The van der Waals surface area contributed by atoms with Crippen LogP contribution in [0, 0.1) is 6.92 Å². The number of aliphatic hydroxyl groups excluding tert-OH is 2. The summed E-state index contributed by atoms with van der Waals surface area (Å²) >= 11 is 0. The Kier molecular flexibility index (Phi) is 6.31. The van der Waals surface area contributed by atoms with E-state index in [1.54, 1.807) is 21.3 Å². The van der Waals surface area contributed by atoms with E-state index in [0.29, 0.717) is 29.4 Å². The third kappa shape index (κ3) is 3.62. The van der Waals surface area contributed by atoms with Gasteiger partial charge in [0.15, 0.2) is 11.5 Å². The van der Waals surface area contributed by atoms with Crippen LogP contribution >= 0.6 is 0 Å². The molecular formula is C22H28O6. The zero-order valence-corrected chi connectivity index (χ0v) is 16.8. The van der Waals surface area contributed by atoms with Gasteiger partial charge in [0, 0.05) is 23.3 Å². The molecule has 0 unspecified atom stereocenters. The Hall–Kier alpha value is -2.44. The lowest BCUT2D eigenvalue weighted by Crippen LogP contribution is -2.14. The van der Waals surface area contributed by atoms with Gasteiger partial charge >= 0.3 is 0 Å². The molecule has 152 valence electrons. The van der Waals surface area contributed by atoms with Crippen LogP contribution in [0.3, 0.4) is 0 Å². The van der Waals surface area contributed by atoms with E-state index in [9.17, 15) is 5.11 Å². The molecule has 0 aromatic heterocycles. The number of aliphatic hydroxyl groups is 2. The highest BCUT2D eigenvalue weighted by Crippen LogP contribution is 2.51. The summed E-state index contributed by atoms with van der Waals surface area (Å²) in [6.45, 7) is 2.00. The van der Waals surface area contributed by atoms with Crippen molar-refractivity contribution in [1.29, 1.82) is 0 Å². The van der Waals surface area contributed by atoms with Crippen LogP contribution in [0.15, 0.2) is 24.3 Å². The second-order valence-electron chi connectivity index (χ2n) is 6.92. The molecule has 2 atom stereocenters. The van der Waals surface area contributed by atoms with Gasteiger partial charge in [-0.1, -0.05) is 6.07 Å². The van der Waals surface area contributed by atoms with Gasteiger partial charge in [0.1, 0.15) is 17.6 Å². The molecule has 0 saturated heterocycles. The highest BCUT2D eigenvalue weighted by molar-refractivity contribution is 5.56. The topological polar surface area (TPSA) is 77.4 Å². The van der Waals surface area contributed by atoms with Gasteiger partial charge in [-0.05, 0) is 43.5 Å². The number of hydrogen-bond acceptors (Lipinski definition) is 6. The summed E-state index contributed by atoms with van der Waals surface area (Å²) in [5.41, 5.74) is 3.74. The van der Waals surface area contributed by atoms with E-state index in [-0.39, 0.29) is 25.2 Å².